The van der Waals surface area contributed by atoms with E-state index in [1.807, 2.05) is 0 Å². The predicted octanol–water partition coefficient (Wildman–Crippen LogP) is 3.05. The fourth-order valence-electron chi connectivity index (χ4n) is 2.59. The van der Waals surface area contributed by atoms with Gasteiger partial charge in [0.2, 0.25) is 0 Å². The maximum absolute atomic E-state index is 13.0. The van der Waals surface area contributed by atoms with Gasteiger partial charge in [-0.3, -0.25) is 0 Å². The van der Waals surface area contributed by atoms with Crippen molar-refractivity contribution in [2.75, 3.05) is 6.54 Å². The summed E-state index contributed by atoms with van der Waals surface area (Å²) in [5.41, 5.74) is 4.34. The Morgan fingerprint density at radius 2 is 1.90 bits per heavy atom. The van der Waals surface area contributed by atoms with E-state index < -0.39 is 0 Å². The molecule has 0 atom stereocenters. The van der Waals surface area contributed by atoms with Gasteiger partial charge in [0, 0.05) is 12.1 Å². The highest BCUT2D eigenvalue weighted by Crippen LogP contribution is 2.26. The van der Waals surface area contributed by atoms with Gasteiger partial charge < -0.3 is 5.32 Å². The zero-order valence-electron chi connectivity index (χ0n) is 11.8. The van der Waals surface area contributed by atoms with E-state index in [1.165, 1.54) is 17.7 Å². The number of hydrogen-bond donors (Lipinski definition) is 1. The van der Waals surface area contributed by atoms with Crippen LogP contribution in [0.3, 0.4) is 0 Å². The molecule has 0 radical (unpaired) electrons. The van der Waals surface area contributed by atoms with Gasteiger partial charge in [-0.25, -0.2) is 14.4 Å². The zero-order valence-corrected chi connectivity index (χ0v) is 11.8. The summed E-state index contributed by atoms with van der Waals surface area (Å²) < 4.78 is 13.0. The number of fused-ring (bicyclic) bond motifs is 1. The molecule has 0 saturated heterocycles. The quantitative estimate of drug-likeness (QED) is 0.912. The molecule has 3 rings (SSSR count). The highest BCUT2D eigenvalue weighted by atomic mass is 19.1. The van der Waals surface area contributed by atoms with Crippen LogP contribution in [0.5, 0.6) is 0 Å². The number of nitrogens with one attached hydrogen (secondary N) is 1. The second kappa shape index (κ2) is 5.29. The lowest BCUT2D eigenvalue weighted by molar-refractivity contribution is 0.609. The van der Waals surface area contributed by atoms with Gasteiger partial charge in [0.25, 0.3) is 0 Å². The average Bonchev–Trinajstić information content (AvgIpc) is 2.46. The summed E-state index contributed by atoms with van der Waals surface area (Å²) in [5, 5.41) is 3.34. The molecule has 0 spiro atoms. The van der Waals surface area contributed by atoms with Crippen LogP contribution in [0, 0.1) is 5.82 Å². The maximum Gasteiger partial charge on any atom is 0.159 e. The van der Waals surface area contributed by atoms with Crippen LogP contribution in [-0.2, 0) is 13.0 Å². The lowest BCUT2D eigenvalue weighted by atomic mass is 9.97. The molecule has 2 heterocycles. The van der Waals surface area contributed by atoms with E-state index >= 15 is 0 Å². The molecule has 0 fully saturated rings. The monoisotopic (exact) mass is 271 g/mol. The summed E-state index contributed by atoms with van der Waals surface area (Å²) in [6.07, 6.45) is 0.979. The minimum atomic E-state index is -0.238. The van der Waals surface area contributed by atoms with Crippen molar-refractivity contribution in [3.8, 4) is 11.4 Å². The van der Waals surface area contributed by atoms with E-state index in [0.29, 0.717) is 11.7 Å². The van der Waals surface area contributed by atoms with Crippen molar-refractivity contribution in [1.82, 2.24) is 15.3 Å². The summed E-state index contributed by atoms with van der Waals surface area (Å²) in [4.78, 5) is 9.38. The third-order valence-corrected chi connectivity index (χ3v) is 3.62. The average molecular weight is 271 g/mol. The Morgan fingerprint density at radius 3 is 2.60 bits per heavy atom. The van der Waals surface area contributed by atoms with Crippen LogP contribution in [0.25, 0.3) is 11.4 Å². The molecule has 20 heavy (non-hydrogen) atoms. The van der Waals surface area contributed by atoms with Crippen molar-refractivity contribution in [3.05, 3.63) is 47.0 Å². The number of nitrogens with zero attached hydrogens (tertiary/aromatic N) is 2. The second-order valence-corrected chi connectivity index (χ2v) is 5.45. The molecule has 1 N–H and O–H groups in total. The van der Waals surface area contributed by atoms with Crippen LogP contribution in [0.1, 0.15) is 36.7 Å². The Bertz CT molecular complexity index is 620. The lowest BCUT2D eigenvalue weighted by Crippen LogP contribution is -2.27. The molecular weight excluding hydrogens is 253 g/mol. The largest absolute Gasteiger partial charge is 0.311 e. The third kappa shape index (κ3) is 2.43. The molecule has 0 amide bonds. The Labute approximate surface area is 118 Å². The van der Waals surface area contributed by atoms with Crippen molar-refractivity contribution in [1.29, 1.82) is 0 Å². The molecule has 1 aliphatic heterocycles. The first-order chi connectivity index (χ1) is 9.65. The smallest absolute Gasteiger partial charge is 0.159 e. The normalized spacial score (nSPS) is 14.4. The third-order valence-electron chi connectivity index (χ3n) is 3.62. The molecule has 1 aromatic heterocycles. The van der Waals surface area contributed by atoms with E-state index in [0.717, 1.165) is 36.5 Å². The van der Waals surface area contributed by atoms with Crippen LogP contribution in [0.15, 0.2) is 24.3 Å². The Hall–Kier alpha value is -1.81. The number of hydrogen-bond acceptors (Lipinski definition) is 3. The van der Waals surface area contributed by atoms with Crippen LogP contribution in [0.4, 0.5) is 4.39 Å². The fourth-order valence-corrected chi connectivity index (χ4v) is 2.59. The van der Waals surface area contributed by atoms with E-state index in [-0.39, 0.29) is 5.82 Å². The van der Waals surface area contributed by atoms with Gasteiger partial charge in [0.1, 0.15) is 5.82 Å². The minimum Gasteiger partial charge on any atom is -0.311 e. The van der Waals surface area contributed by atoms with Crippen molar-refractivity contribution in [2.45, 2.75) is 32.7 Å². The summed E-state index contributed by atoms with van der Waals surface area (Å²) in [6.45, 7) is 6.07. The summed E-state index contributed by atoms with van der Waals surface area (Å²) in [6, 6.07) is 6.37. The second-order valence-electron chi connectivity index (χ2n) is 5.45. The number of aromatic nitrogens is 2. The van der Waals surface area contributed by atoms with Crippen molar-refractivity contribution in [3.63, 3.8) is 0 Å². The van der Waals surface area contributed by atoms with Crippen LogP contribution >= 0.6 is 0 Å². The predicted molar refractivity (Wildman–Crippen MR) is 76.9 cm³/mol. The molecule has 104 valence electrons. The molecule has 1 aromatic carbocycles. The van der Waals surface area contributed by atoms with E-state index in [1.54, 1.807) is 12.1 Å². The molecule has 4 heteroatoms. The zero-order chi connectivity index (χ0) is 14.1. The molecular formula is C16H18FN3. The van der Waals surface area contributed by atoms with Crippen LogP contribution in [-0.4, -0.2) is 16.5 Å². The highest BCUT2D eigenvalue weighted by Gasteiger charge is 2.19. The first kappa shape index (κ1) is 13.2. The van der Waals surface area contributed by atoms with Gasteiger partial charge in [-0.05, 0) is 48.7 Å². The Morgan fingerprint density at radius 1 is 1.15 bits per heavy atom. The van der Waals surface area contributed by atoms with Gasteiger partial charge in [-0.15, -0.1) is 0 Å². The van der Waals surface area contributed by atoms with Crippen molar-refractivity contribution < 1.29 is 4.39 Å². The van der Waals surface area contributed by atoms with Gasteiger partial charge >= 0.3 is 0 Å². The van der Waals surface area contributed by atoms with Crippen LogP contribution in [0.2, 0.25) is 0 Å². The highest BCUT2D eigenvalue weighted by molar-refractivity contribution is 5.56. The van der Waals surface area contributed by atoms with Gasteiger partial charge in [-0.1, -0.05) is 13.8 Å². The molecule has 0 saturated carbocycles. The Balaban J connectivity index is 2.12. The summed E-state index contributed by atoms with van der Waals surface area (Å²) >= 11 is 0. The maximum atomic E-state index is 13.0. The van der Waals surface area contributed by atoms with E-state index in [4.69, 9.17) is 4.98 Å². The molecule has 0 aliphatic carbocycles. The molecule has 1 aliphatic rings. The van der Waals surface area contributed by atoms with Crippen molar-refractivity contribution in [2.24, 2.45) is 0 Å². The fraction of sp³-hybridized carbons (Fsp3) is 0.375. The summed E-state index contributed by atoms with van der Waals surface area (Å²) in [7, 11) is 0. The molecule has 0 bridgehead atoms. The number of halogens is 1. The minimum absolute atomic E-state index is 0.238. The topological polar surface area (TPSA) is 37.8 Å². The van der Waals surface area contributed by atoms with E-state index in [2.05, 4.69) is 24.1 Å². The summed E-state index contributed by atoms with van der Waals surface area (Å²) in [5.74, 6) is 0.817. The lowest BCUT2D eigenvalue weighted by Gasteiger charge is -2.21. The SMILES string of the molecule is CC(C)c1nc(-c2ccc(F)cc2)nc2c1CCNC2. The van der Waals surface area contributed by atoms with E-state index in [9.17, 15) is 4.39 Å². The van der Waals surface area contributed by atoms with Gasteiger partial charge in [-0.2, -0.15) is 0 Å². The first-order valence-corrected chi connectivity index (χ1v) is 7.01. The van der Waals surface area contributed by atoms with Gasteiger partial charge in [0.05, 0.1) is 11.4 Å². The standard InChI is InChI=1S/C16H18FN3/c1-10(2)15-13-7-8-18-9-14(13)19-16(20-15)11-3-5-12(17)6-4-11/h3-6,10,18H,7-9H2,1-2H3. The molecule has 3 nitrogen and oxygen atoms in total. The van der Waals surface area contributed by atoms with Crippen LogP contribution < -0.4 is 5.32 Å². The molecule has 0 unspecified atom stereocenters. The Kier molecular flexibility index (Phi) is 3.49. The number of rotatable bonds is 2. The van der Waals surface area contributed by atoms with Gasteiger partial charge in [0.15, 0.2) is 5.82 Å². The van der Waals surface area contributed by atoms with Crippen molar-refractivity contribution >= 4 is 0 Å². The first-order valence-electron chi connectivity index (χ1n) is 7.01. The molecule has 2 aromatic rings. The number of benzene rings is 1.